The molecule has 0 fully saturated rings. The number of alkyl halides is 3. The van der Waals surface area contributed by atoms with E-state index in [1.165, 1.54) is 38.5 Å². The molecule has 0 saturated carbocycles. The molecule has 8 heteroatoms. The molecule has 0 bridgehead atoms. The molecule has 0 aliphatic rings. The van der Waals surface area contributed by atoms with E-state index < -0.39 is 12.7 Å². The monoisotopic (exact) mass is 423 g/mol. The van der Waals surface area contributed by atoms with Crippen molar-refractivity contribution in [1.82, 2.24) is 4.98 Å². The number of hydrogen-bond acceptors (Lipinski definition) is 5. The third-order valence-corrected chi connectivity index (χ3v) is 3.97. The third kappa shape index (κ3) is 6.33. The first-order valence-electron chi connectivity index (χ1n) is 9.34. The standard InChI is InChI=1S/C20H18F3NO4.C2H6/c1-25-18(26-2)12-27-19-16-6-4-3-5-14(16)11-17(24-19)13-7-9-15(10-8-13)28-20(21,22)23;1-2/h3-11,18H,12H2,1-2H3;1-2H3. The van der Waals surface area contributed by atoms with Gasteiger partial charge in [0.15, 0.2) is 6.29 Å². The Morgan fingerprint density at radius 2 is 1.57 bits per heavy atom. The van der Waals surface area contributed by atoms with Gasteiger partial charge < -0.3 is 18.9 Å². The van der Waals surface area contributed by atoms with Crippen LogP contribution in [0.15, 0.2) is 54.6 Å². The summed E-state index contributed by atoms with van der Waals surface area (Å²) in [6.07, 6.45) is -5.29. The summed E-state index contributed by atoms with van der Waals surface area (Å²) in [6, 6.07) is 14.9. The number of nitrogens with zero attached hydrogens (tertiary/aromatic N) is 1. The summed E-state index contributed by atoms with van der Waals surface area (Å²) < 4.78 is 56.9. The van der Waals surface area contributed by atoms with E-state index in [1.54, 1.807) is 0 Å². The van der Waals surface area contributed by atoms with Gasteiger partial charge in [-0.1, -0.05) is 32.0 Å². The largest absolute Gasteiger partial charge is 0.573 e. The molecule has 1 heterocycles. The predicted octanol–water partition coefficient (Wildman–Crippen LogP) is 5.82. The second-order valence-electron chi connectivity index (χ2n) is 5.82. The van der Waals surface area contributed by atoms with Crippen LogP contribution in [0.5, 0.6) is 11.6 Å². The second kappa shape index (κ2) is 10.8. The number of benzene rings is 2. The zero-order chi connectivity index (χ0) is 22.1. The fraction of sp³-hybridized carbons (Fsp3) is 0.318. The Hall–Kier alpha value is -2.84. The van der Waals surface area contributed by atoms with Crippen molar-refractivity contribution in [3.63, 3.8) is 0 Å². The number of ether oxygens (including phenoxy) is 4. The van der Waals surface area contributed by atoms with Crippen LogP contribution in [0.1, 0.15) is 13.8 Å². The predicted molar refractivity (Wildman–Crippen MR) is 109 cm³/mol. The van der Waals surface area contributed by atoms with Crippen molar-refractivity contribution in [1.29, 1.82) is 0 Å². The fourth-order valence-corrected chi connectivity index (χ4v) is 2.63. The molecule has 5 nitrogen and oxygen atoms in total. The van der Waals surface area contributed by atoms with Crippen molar-refractivity contribution in [2.24, 2.45) is 0 Å². The second-order valence-corrected chi connectivity index (χ2v) is 5.82. The molecule has 0 saturated heterocycles. The molecule has 0 N–H and O–H groups in total. The number of aromatic nitrogens is 1. The van der Waals surface area contributed by atoms with E-state index in [1.807, 2.05) is 44.2 Å². The molecule has 0 aliphatic heterocycles. The summed E-state index contributed by atoms with van der Waals surface area (Å²) in [5, 5.41) is 1.68. The third-order valence-electron chi connectivity index (χ3n) is 3.97. The van der Waals surface area contributed by atoms with Gasteiger partial charge in [0.1, 0.15) is 12.4 Å². The zero-order valence-corrected chi connectivity index (χ0v) is 17.2. The smallest absolute Gasteiger partial charge is 0.472 e. The molecule has 3 rings (SSSR count). The lowest BCUT2D eigenvalue weighted by molar-refractivity contribution is -0.274. The van der Waals surface area contributed by atoms with Crippen molar-refractivity contribution in [2.45, 2.75) is 26.5 Å². The number of rotatable bonds is 7. The molecule has 0 aliphatic carbocycles. The molecule has 0 atom stereocenters. The number of hydrogen-bond donors (Lipinski definition) is 0. The quantitative estimate of drug-likeness (QED) is 0.448. The van der Waals surface area contributed by atoms with Gasteiger partial charge >= 0.3 is 6.36 Å². The van der Waals surface area contributed by atoms with E-state index >= 15 is 0 Å². The van der Waals surface area contributed by atoms with Crippen LogP contribution in [0.2, 0.25) is 0 Å². The maximum absolute atomic E-state index is 12.3. The maximum atomic E-state index is 12.3. The molecule has 30 heavy (non-hydrogen) atoms. The van der Waals surface area contributed by atoms with Crippen LogP contribution in [0.3, 0.4) is 0 Å². The molecule has 162 valence electrons. The number of pyridine rings is 1. The summed E-state index contributed by atoms with van der Waals surface area (Å²) in [5.41, 5.74) is 1.18. The Bertz CT molecular complexity index is 926. The highest BCUT2D eigenvalue weighted by Crippen LogP contribution is 2.31. The first kappa shape index (κ1) is 23.4. The number of halogens is 3. The zero-order valence-electron chi connectivity index (χ0n) is 17.2. The lowest BCUT2D eigenvalue weighted by atomic mass is 10.1. The van der Waals surface area contributed by atoms with Gasteiger partial charge in [0.25, 0.3) is 0 Å². The van der Waals surface area contributed by atoms with Crippen LogP contribution < -0.4 is 9.47 Å². The SMILES string of the molecule is CC.COC(COc1nc(-c2ccc(OC(F)(F)F)cc2)cc2ccccc12)OC. The van der Waals surface area contributed by atoms with Crippen molar-refractivity contribution >= 4 is 10.8 Å². The number of fused-ring (bicyclic) bond motifs is 1. The van der Waals surface area contributed by atoms with E-state index in [0.717, 1.165) is 10.8 Å². The van der Waals surface area contributed by atoms with Crippen molar-refractivity contribution < 1.29 is 32.1 Å². The summed E-state index contributed by atoms with van der Waals surface area (Å²) in [4.78, 5) is 4.52. The summed E-state index contributed by atoms with van der Waals surface area (Å²) in [5.74, 6) is 0.0827. The Labute approximate surface area is 173 Å². The highest BCUT2D eigenvalue weighted by atomic mass is 19.4. The van der Waals surface area contributed by atoms with Gasteiger partial charge in [0.05, 0.1) is 5.69 Å². The summed E-state index contributed by atoms with van der Waals surface area (Å²) >= 11 is 0. The van der Waals surface area contributed by atoms with Gasteiger partial charge in [-0.2, -0.15) is 0 Å². The van der Waals surface area contributed by atoms with Gasteiger partial charge in [-0.3, -0.25) is 0 Å². The van der Waals surface area contributed by atoms with Crippen LogP contribution in [-0.2, 0) is 9.47 Å². The average Bonchev–Trinajstić information content (AvgIpc) is 2.75. The Morgan fingerprint density at radius 3 is 2.17 bits per heavy atom. The topological polar surface area (TPSA) is 49.8 Å². The van der Waals surface area contributed by atoms with Gasteiger partial charge in [-0.25, -0.2) is 4.98 Å². The molecule has 0 amide bonds. The van der Waals surface area contributed by atoms with E-state index in [-0.39, 0.29) is 12.4 Å². The minimum absolute atomic E-state index is 0.131. The van der Waals surface area contributed by atoms with Crippen LogP contribution >= 0.6 is 0 Å². The summed E-state index contributed by atoms with van der Waals surface area (Å²) in [6.45, 7) is 4.13. The minimum atomic E-state index is -4.73. The van der Waals surface area contributed by atoms with Gasteiger partial charge in [0.2, 0.25) is 5.88 Å². The highest BCUT2D eigenvalue weighted by molar-refractivity contribution is 5.90. The van der Waals surface area contributed by atoms with E-state index in [9.17, 15) is 13.2 Å². The van der Waals surface area contributed by atoms with Crippen LogP contribution in [-0.4, -0.2) is 38.5 Å². The highest BCUT2D eigenvalue weighted by Gasteiger charge is 2.31. The van der Waals surface area contributed by atoms with Crippen LogP contribution in [0.4, 0.5) is 13.2 Å². The van der Waals surface area contributed by atoms with E-state index in [0.29, 0.717) is 17.1 Å². The van der Waals surface area contributed by atoms with Crippen molar-refractivity contribution in [2.75, 3.05) is 20.8 Å². The normalized spacial score (nSPS) is 11.2. The lowest BCUT2D eigenvalue weighted by Gasteiger charge is -2.16. The van der Waals surface area contributed by atoms with Gasteiger partial charge in [-0.05, 0) is 41.8 Å². The van der Waals surface area contributed by atoms with Gasteiger partial charge in [-0.15, -0.1) is 13.2 Å². The fourth-order valence-electron chi connectivity index (χ4n) is 2.63. The molecule has 2 aromatic carbocycles. The average molecular weight is 423 g/mol. The maximum Gasteiger partial charge on any atom is 0.573 e. The Morgan fingerprint density at radius 1 is 0.933 bits per heavy atom. The first-order valence-corrected chi connectivity index (χ1v) is 9.34. The number of methoxy groups -OCH3 is 2. The lowest BCUT2D eigenvalue weighted by Crippen LogP contribution is -2.22. The molecule has 3 aromatic rings. The van der Waals surface area contributed by atoms with Crippen LogP contribution in [0.25, 0.3) is 22.0 Å². The molecular formula is C22H24F3NO4. The Kier molecular flexibility index (Phi) is 8.44. The van der Waals surface area contributed by atoms with Crippen molar-refractivity contribution in [3.05, 3.63) is 54.6 Å². The first-order chi connectivity index (χ1) is 14.4. The van der Waals surface area contributed by atoms with Crippen molar-refractivity contribution in [3.8, 4) is 22.9 Å². The molecule has 0 spiro atoms. The minimum Gasteiger partial charge on any atom is -0.472 e. The molecule has 0 unspecified atom stereocenters. The molecule has 0 radical (unpaired) electrons. The molecule has 1 aromatic heterocycles. The van der Waals surface area contributed by atoms with E-state index in [4.69, 9.17) is 14.2 Å². The summed E-state index contributed by atoms with van der Waals surface area (Å²) in [7, 11) is 3.01. The Balaban J connectivity index is 0.00000155. The molecular weight excluding hydrogens is 399 g/mol. The van der Waals surface area contributed by atoms with Crippen LogP contribution in [0, 0.1) is 0 Å². The van der Waals surface area contributed by atoms with E-state index in [2.05, 4.69) is 9.72 Å². The van der Waals surface area contributed by atoms with Gasteiger partial charge in [0, 0.05) is 25.2 Å².